The first-order valence-corrected chi connectivity index (χ1v) is 7.73. The molecule has 0 bridgehead atoms. The van der Waals surface area contributed by atoms with Crippen LogP contribution in [0.25, 0.3) is 11.3 Å². The fraction of sp³-hybridized carbons (Fsp3) is 0.412. The number of nitrogens with two attached hydrogens (primary N) is 1. The molecule has 0 saturated carbocycles. The van der Waals surface area contributed by atoms with E-state index in [0.29, 0.717) is 29.9 Å². The molecule has 122 valence electrons. The van der Waals surface area contributed by atoms with E-state index >= 15 is 0 Å². The van der Waals surface area contributed by atoms with Crippen molar-refractivity contribution in [3.63, 3.8) is 0 Å². The zero-order chi connectivity index (χ0) is 16.6. The number of carbonyl (C=O) groups excluding carboxylic acids is 1. The van der Waals surface area contributed by atoms with Crippen molar-refractivity contribution in [1.29, 1.82) is 0 Å². The highest BCUT2D eigenvalue weighted by Crippen LogP contribution is 2.30. The first-order chi connectivity index (χ1) is 10.9. The molecule has 3 rings (SSSR count). The molecule has 1 saturated heterocycles. The van der Waals surface area contributed by atoms with Crippen LogP contribution < -0.4 is 5.73 Å². The van der Waals surface area contributed by atoms with Gasteiger partial charge in [0.2, 0.25) is 0 Å². The second kappa shape index (κ2) is 5.77. The van der Waals surface area contributed by atoms with Gasteiger partial charge < -0.3 is 10.6 Å². The van der Waals surface area contributed by atoms with Crippen LogP contribution >= 0.6 is 0 Å². The third-order valence-electron chi connectivity index (χ3n) is 4.61. The van der Waals surface area contributed by atoms with Crippen molar-refractivity contribution in [3.8, 4) is 11.3 Å². The molecular formula is C17H21FN4O. The largest absolute Gasteiger partial charge is 0.338 e. The van der Waals surface area contributed by atoms with Crippen LogP contribution in [0.5, 0.6) is 0 Å². The molecule has 1 aliphatic heterocycles. The summed E-state index contributed by atoms with van der Waals surface area (Å²) < 4.78 is 14.0. The van der Waals surface area contributed by atoms with Gasteiger partial charge in [-0.2, -0.15) is 5.10 Å². The third kappa shape index (κ3) is 2.86. The summed E-state index contributed by atoms with van der Waals surface area (Å²) in [7, 11) is 0. The Morgan fingerprint density at radius 2 is 2.17 bits per heavy atom. The van der Waals surface area contributed by atoms with Gasteiger partial charge in [0, 0.05) is 24.7 Å². The van der Waals surface area contributed by atoms with Crippen molar-refractivity contribution >= 4 is 5.91 Å². The fourth-order valence-electron chi connectivity index (χ4n) is 3.04. The van der Waals surface area contributed by atoms with E-state index in [1.807, 2.05) is 0 Å². The monoisotopic (exact) mass is 316 g/mol. The van der Waals surface area contributed by atoms with E-state index in [1.165, 1.54) is 12.3 Å². The summed E-state index contributed by atoms with van der Waals surface area (Å²) in [5.41, 5.74) is 7.14. The number of aromatic amines is 1. The summed E-state index contributed by atoms with van der Waals surface area (Å²) in [5, 5.41) is 6.69. The number of carbonyl (C=O) groups is 1. The Balaban J connectivity index is 1.91. The van der Waals surface area contributed by atoms with Gasteiger partial charge >= 0.3 is 0 Å². The lowest BCUT2D eigenvalue weighted by atomic mass is 9.79. The number of aromatic nitrogens is 2. The third-order valence-corrected chi connectivity index (χ3v) is 4.61. The van der Waals surface area contributed by atoms with Crippen molar-refractivity contribution in [3.05, 3.63) is 41.8 Å². The lowest BCUT2D eigenvalue weighted by Crippen LogP contribution is -2.54. The summed E-state index contributed by atoms with van der Waals surface area (Å²) in [6.45, 7) is 5.30. The summed E-state index contributed by atoms with van der Waals surface area (Å²) in [5.74, 6) is -0.524. The lowest BCUT2D eigenvalue weighted by Gasteiger charge is -2.42. The van der Waals surface area contributed by atoms with Crippen molar-refractivity contribution in [2.24, 2.45) is 11.1 Å². The number of hydrogen-bond donors (Lipinski definition) is 2. The minimum atomic E-state index is -0.383. The standard InChI is InChI=1S/C17H21FN4O/c1-17(2)10-22(8-7-14(17)19)16(23)12-9-20-21-15(12)11-5-3-4-6-13(11)18/h3-6,9,14H,7-8,10,19H2,1-2H3,(H,20,21). The van der Waals surface area contributed by atoms with Crippen LogP contribution in [0, 0.1) is 11.2 Å². The molecule has 1 amide bonds. The van der Waals surface area contributed by atoms with Gasteiger partial charge in [0.15, 0.2) is 0 Å². The van der Waals surface area contributed by atoms with Crippen LogP contribution in [0.4, 0.5) is 4.39 Å². The SMILES string of the molecule is CC1(C)CN(C(=O)c2cn[nH]c2-c2ccccc2F)CCC1N. The molecule has 0 radical (unpaired) electrons. The second-order valence-electron chi connectivity index (χ2n) is 6.75. The van der Waals surface area contributed by atoms with Crippen LogP contribution in [0.2, 0.25) is 0 Å². The number of likely N-dealkylation sites (tertiary alicyclic amines) is 1. The van der Waals surface area contributed by atoms with Gasteiger partial charge in [0.25, 0.3) is 5.91 Å². The van der Waals surface area contributed by atoms with Crippen molar-refractivity contribution in [1.82, 2.24) is 15.1 Å². The molecule has 5 nitrogen and oxygen atoms in total. The molecule has 1 unspecified atom stereocenters. The average molecular weight is 316 g/mol. The van der Waals surface area contributed by atoms with E-state index in [0.717, 1.165) is 6.42 Å². The maximum absolute atomic E-state index is 14.0. The first kappa shape index (κ1) is 15.7. The van der Waals surface area contributed by atoms with Gasteiger partial charge in [0.05, 0.1) is 17.5 Å². The Hall–Kier alpha value is -2.21. The molecule has 2 aromatic rings. The lowest BCUT2D eigenvalue weighted by molar-refractivity contribution is 0.0534. The molecule has 1 atom stereocenters. The first-order valence-electron chi connectivity index (χ1n) is 7.73. The van der Waals surface area contributed by atoms with Gasteiger partial charge in [-0.1, -0.05) is 26.0 Å². The van der Waals surface area contributed by atoms with Gasteiger partial charge in [-0.15, -0.1) is 0 Å². The number of H-pyrrole nitrogens is 1. The highest BCUT2D eigenvalue weighted by atomic mass is 19.1. The zero-order valence-electron chi connectivity index (χ0n) is 13.3. The number of nitrogens with zero attached hydrogens (tertiary/aromatic N) is 2. The van der Waals surface area contributed by atoms with Crippen molar-refractivity contribution < 1.29 is 9.18 Å². The van der Waals surface area contributed by atoms with Gasteiger partial charge in [0.1, 0.15) is 5.82 Å². The Morgan fingerprint density at radius 1 is 1.43 bits per heavy atom. The van der Waals surface area contributed by atoms with E-state index in [2.05, 4.69) is 24.0 Å². The summed E-state index contributed by atoms with van der Waals surface area (Å²) in [6, 6.07) is 6.42. The van der Waals surface area contributed by atoms with Crippen LogP contribution in [0.15, 0.2) is 30.5 Å². The van der Waals surface area contributed by atoms with Crippen molar-refractivity contribution in [2.45, 2.75) is 26.3 Å². The zero-order valence-corrected chi connectivity index (χ0v) is 13.3. The molecule has 0 aliphatic carbocycles. The molecule has 3 N–H and O–H groups in total. The van der Waals surface area contributed by atoms with Gasteiger partial charge in [-0.25, -0.2) is 4.39 Å². The molecule has 1 aliphatic rings. The van der Waals surface area contributed by atoms with Crippen LogP contribution in [-0.2, 0) is 0 Å². The Bertz CT molecular complexity index is 725. The predicted octanol–water partition coefficient (Wildman–Crippen LogP) is 2.42. The fourth-order valence-corrected chi connectivity index (χ4v) is 3.04. The Morgan fingerprint density at radius 3 is 2.87 bits per heavy atom. The minimum Gasteiger partial charge on any atom is -0.338 e. The van der Waals surface area contributed by atoms with Crippen LogP contribution in [-0.4, -0.2) is 40.1 Å². The molecule has 0 spiro atoms. The average Bonchev–Trinajstić information content (AvgIpc) is 2.99. The number of amides is 1. The van der Waals surface area contributed by atoms with E-state index in [9.17, 15) is 9.18 Å². The minimum absolute atomic E-state index is 0.0712. The highest BCUT2D eigenvalue weighted by molar-refractivity contribution is 5.99. The van der Waals surface area contributed by atoms with Crippen LogP contribution in [0.3, 0.4) is 0 Å². The topological polar surface area (TPSA) is 75.0 Å². The second-order valence-corrected chi connectivity index (χ2v) is 6.75. The smallest absolute Gasteiger partial charge is 0.257 e. The Labute approximate surface area is 134 Å². The Kier molecular flexibility index (Phi) is 3.93. The van der Waals surface area contributed by atoms with E-state index < -0.39 is 0 Å². The molecule has 1 aromatic heterocycles. The molecule has 1 aromatic carbocycles. The molecule has 1 fully saturated rings. The van der Waals surface area contributed by atoms with Crippen molar-refractivity contribution in [2.75, 3.05) is 13.1 Å². The van der Waals surface area contributed by atoms with Gasteiger partial charge in [-0.05, 0) is 24.0 Å². The van der Waals surface area contributed by atoms with Crippen LogP contribution in [0.1, 0.15) is 30.6 Å². The van der Waals surface area contributed by atoms with E-state index in [4.69, 9.17) is 5.73 Å². The summed E-state index contributed by atoms with van der Waals surface area (Å²) in [4.78, 5) is 14.6. The maximum atomic E-state index is 14.0. The number of nitrogens with one attached hydrogen (secondary N) is 1. The molecule has 6 heteroatoms. The molecular weight excluding hydrogens is 295 g/mol. The van der Waals surface area contributed by atoms with E-state index in [-0.39, 0.29) is 23.2 Å². The summed E-state index contributed by atoms with van der Waals surface area (Å²) >= 11 is 0. The number of piperidine rings is 1. The predicted molar refractivity (Wildman–Crippen MR) is 86.3 cm³/mol. The number of hydrogen-bond acceptors (Lipinski definition) is 3. The number of halogens is 1. The maximum Gasteiger partial charge on any atom is 0.257 e. The van der Waals surface area contributed by atoms with Gasteiger partial charge in [-0.3, -0.25) is 9.89 Å². The normalized spacial score (nSPS) is 20.5. The van der Waals surface area contributed by atoms with E-state index in [1.54, 1.807) is 23.1 Å². The number of rotatable bonds is 2. The molecule has 23 heavy (non-hydrogen) atoms. The quantitative estimate of drug-likeness (QED) is 0.893. The summed E-state index contributed by atoms with van der Waals surface area (Å²) in [6.07, 6.45) is 2.22. The highest BCUT2D eigenvalue weighted by Gasteiger charge is 2.36. The molecule has 2 heterocycles. The number of benzene rings is 1.